The molecule has 0 spiro atoms. The van der Waals surface area contributed by atoms with E-state index in [1.54, 1.807) is 72.6 Å². The number of para-hydroxylation sites is 1. The van der Waals surface area contributed by atoms with Gasteiger partial charge in [0.25, 0.3) is 0 Å². The summed E-state index contributed by atoms with van der Waals surface area (Å²) in [6.45, 7) is 5.49. The number of nitrogens with zero attached hydrogens (tertiary/aromatic N) is 3. The standard InChI is InChI=1S/C25H34N2O5.C20H26N2O3/c1-25(2,3)32-24(29)27(6)21(17-14-18-12-15-19(30-7)16-13-18)20-10-8-9-11-22(20)31-23(28)26(4)5;1-21-19(13-10-15-8-11-17(24-4)12-9-15)16-6-5-7-18(14-16)25-20(23)22(2)3/h8-13,15-16,21H,14,17H2,1-7H3;5-9,11-12,14,19,21H,10,13H2,1-4H3. The molecule has 0 aromatic heterocycles. The molecule has 12 nitrogen and oxygen atoms in total. The zero-order chi connectivity index (χ0) is 42.1. The Morgan fingerprint density at radius 2 is 1.16 bits per heavy atom. The van der Waals surface area contributed by atoms with Gasteiger partial charge in [0.15, 0.2) is 0 Å². The highest BCUT2D eigenvalue weighted by atomic mass is 16.6. The van der Waals surface area contributed by atoms with Gasteiger partial charge < -0.3 is 43.7 Å². The maximum atomic E-state index is 12.9. The molecule has 0 aliphatic rings. The Balaban J connectivity index is 0.000000315. The van der Waals surface area contributed by atoms with Crippen molar-refractivity contribution < 1.29 is 38.1 Å². The van der Waals surface area contributed by atoms with Gasteiger partial charge in [0.1, 0.15) is 28.6 Å². The molecule has 0 aliphatic heterocycles. The van der Waals surface area contributed by atoms with E-state index in [9.17, 15) is 14.4 Å². The van der Waals surface area contributed by atoms with E-state index >= 15 is 0 Å². The molecule has 57 heavy (non-hydrogen) atoms. The third kappa shape index (κ3) is 15.0. The predicted octanol–water partition coefficient (Wildman–Crippen LogP) is 8.95. The quantitative estimate of drug-likeness (QED) is 0.134. The molecular weight excluding hydrogens is 725 g/mol. The molecule has 308 valence electrons. The summed E-state index contributed by atoms with van der Waals surface area (Å²) in [5, 5.41) is 3.34. The first kappa shape index (κ1) is 45.6. The molecule has 0 saturated carbocycles. The molecule has 3 amide bonds. The molecule has 0 bridgehead atoms. The Bertz CT molecular complexity index is 1860. The van der Waals surface area contributed by atoms with E-state index in [1.165, 1.54) is 15.4 Å². The number of rotatable bonds is 14. The van der Waals surface area contributed by atoms with Gasteiger partial charge in [-0.3, -0.25) is 0 Å². The molecule has 0 radical (unpaired) electrons. The Labute approximate surface area is 338 Å². The number of benzene rings is 4. The molecule has 2 atom stereocenters. The molecule has 0 heterocycles. The summed E-state index contributed by atoms with van der Waals surface area (Å²) in [6.07, 6.45) is 1.90. The minimum Gasteiger partial charge on any atom is -0.497 e. The van der Waals surface area contributed by atoms with E-state index in [-0.39, 0.29) is 18.2 Å². The molecule has 12 heteroatoms. The van der Waals surface area contributed by atoms with E-state index in [2.05, 4.69) is 17.4 Å². The number of amides is 3. The molecule has 0 fully saturated rings. The molecule has 4 aromatic rings. The normalized spacial score (nSPS) is 11.8. The fourth-order valence-corrected chi connectivity index (χ4v) is 5.72. The van der Waals surface area contributed by atoms with Crippen LogP contribution in [0.2, 0.25) is 0 Å². The third-order valence-corrected chi connectivity index (χ3v) is 8.91. The second kappa shape index (κ2) is 22.1. The number of ether oxygens (including phenoxy) is 5. The van der Waals surface area contributed by atoms with Crippen LogP contribution in [0.3, 0.4) is 0 Å². The summed E-state index contributed by atoms with van der Waals surface area (Å²) in [5.74, 6) is 2.63. The van der Waals surface area contributed by atoms with Gasteiger partial charge in [-0.05, 0) is 113 Å². The van der Waals surface area contributed by atoms with E-state index in [4.69, 9.17) is 23.7 Å². The van der Waals surface area contributed by atoms with Crippen LogP contribution in [0.15, 0.2) is 97.1 Å². The minimum atomic E-state index is -0.622. The molecule has 0 aliphatic carbocycles. The number of hydrogen-bond donors (Lipinski definition) is 1. The first-order chi connectivity index (χ1) is 27.0. The molecule has 4 aromatic carbocycles. The van der Waals surface area contributed by atoms with Gasteiger partial charge in [-0.25, -0.2) is 14.4 Å². The second-order valence-corrected chi connectivity index (χ2v) is 14.9. The summed E-state index contributed by atoms with van der Waals surface area (Å²) in [6, 6.07) is 30.7. The Kier molecular flexibility index (Phi) is 17.7. The average molecular weight is 785 g/mol. The SMILES string of the molecule is CNC(CCc1ccc(OC)cc1)c1cccc(OC(=O)N(C)C)c1.COc1ccc(CCC(c2ccccc2OC(=O)N(C)C)N(C)C(=O)OC(C)(C)C)cc1. The lowest BCUT2D eigenvalue weighted by Gasteiger charge is -2.32. The van der Waals surface area contributed by atoms with Crippen molar-refractivity contribution in [1.82, 2.24) is 20.0 Å². The van der Waals surface area contributed by atoms with Gasteiger partial charge in [0, 0.05) is 46.8 Å². The summed E-state index contributed by atoms with van der Waals surface area (Å²) >= 11 is 0. The first-order valence-electron chi connectivity index (χ1n) is 18.9. The van der Waals surface area contributed by atoms with Gasteiger partial charge in [-0.2, -0.15) is 0 Å². The van der Waals surface area contributed by atoms with Crippen LogP contribution >= 0.6 is 0 Å². The number of methoxy groups -OCH3 is 2. The zero-order valence-electron chi connectivity index (χ0n) is 35.3. The second-order valence-electron chi connectivity index (χ2n) is 14.9. The van der Waals surface area contributed by atoms with Crippen molar-refractivity contribution in [3.63, 3.8) is 0 Å². The van der Waals surface area contributed by atoms with Crippen LogP contribution in [-0.4, -0.2) is 95.1 Å². The topological polar surface area (TPSA) is 119 Å². The Hall–Kier alpha value is -5.75. The maximum Gasteiger partial charge on any atom is 0.414 e. The summed E-state index contributed by atoms with van der Waals surface area (Å²) in [5.41, 5.74) is 3.58. The number of carbonyl (C=O) groups excluding carboxylic acids is 3. The van der Waals surface area contributed by atoms with Crippen molar-refractivity contribution >= 4 is 18.3 Å². The van der Waals surface area contributed by atoms with Gasteiger partial charge in [0.2, 0.25) is 0 Å². The van der Waals surface area contributed by atoms with Crippen molar-refractivity contribution in [2.45, 2.75) is 64.1 Å². The number of carbonyl (C=O) groups is 3. The molecule has 0 saturated heterocycles. The summed E-state index contributed by atoms with van der Waals surface area (Å²) < 4.78 is 27.0. The highest BCUT2D eigenvalue weighted by Gasteiger charge is 2.29. The van der Waals surface area contributed by atoms with Gasteiger partial charge in [-0.15, -0.1) is 0 Å². The number of nitrogens with one attached hydrogen (secondary N) is 1. The van der Waals surface area contributed by atoms with Crippen LogP contribution in [-0.2, 0) is 17.6 Å². The van der Waals surface area contributed by atoms with Crippen LogP contribution < -0.4 is 24.3 Å². The van der Waals surface area contributed by atoms with Crippen molar-refractivity contribution in [1.29, 1.82) is 0 Å². The fourth-order valence-electron chi connectivity index (χ4n) is 5.72. The summed E-state index contributed by atoms with van der Waals surface area (Å²) in [7, 11) is 13.5. The van der Waals surface area contributed by atoms with E-state index in [1.807, 2.05) is 94.5 Å². The van der Waals surface area contributed by atoms with Gasteiger partial charge in [0.05, 0.1) is 20.3 Å². The monoisotopic (exact) mass is 784 g/mol. The Morgan fingerprint density at radius 3 is 1.67 bits per heavy atom. The van der Waals surface area contributed by atoms with Gasteiger partial charge >= 0.3 is 18.3 Å². The highest BCUT2D eigenvalue weighted by Crippen LogP contribution is 2.34. The van der Waals surface area contributed by atoms with E-state index in [0.29, 0.717) is 24.3 Å². The van der Waals surface area contributed by atoms with Gasteiger partial charge in [-0.1, -0.05) is 54.6 Å². The van der Waals surface area contributed by atoms with Crippen LogP contribution in [0.4, 0.5) is 14.4 Å². The van der Waals surface area contributed by atoms with Crippen molar-refractivity contribution in [2.24, 2.45) is 0 Å². The van der Waals surface area contributed by atoms with E-state index in [0.717, 1.165) is 41.0 Å². The summed E-state index contributed by atoms with van der Waals surface area (Å²) in [4.78, 5) is 41.1. The molecule has 2 unspecified atom stereocenters. The average Bonchev–Trinajstić information content (AvgIpc) is 3.18. The van der Waals surface area contributed by atoms with Crippen LogP contribution in [0.5, 0.6) is 23.0 Å². The lowest BCUT2D eigenvalue weighted by atomic mass is 9.97. The third-order valence-electron chi connectivity index (χ3n) is 8.91. The Morgan fingerprint density at radius 1 is 0.632 bits per heavy atom. The van der Waals surface area contributed by atoms with E-state index < -0.39 is 17.8 Å². The van der Waals surface area contributed by atoms with Crippen LogP contribution in [0, 0.1) is 0 Å². The van der Waals surface area contributed by atoms with Crippen molar-refractivity contribution in [3.8, 4) is 23.0 Å². The maximum absolute atomic E-state index is 12.9. The van der Waals surface area contributed by atoms with Crippen molar-refractivity contribution in [3.05, 3.63) is 119 Å². The lowest BCUT2D eigenvalue weighted by Crippen LogP contribution is -2.37. The first-order valence-corrected chi connectivity index (χ1v) is 18.9. The molecule has 1 N–H and O–H groups in total. The number of aryl methyl sites for hydroxylation is 2. The predicted molar refractivity (Wildman–Crippen MR) is 223 cm³/mol. The smallest absolute Gasteiger partial charge is 0.414 e. The van der Waals surface area contributed by atoms with Crippen LogP contribution in [0.25, 0.3) is 0 Å². The van der Waals surface area contributed by atoms with Crippen molar-refractivity contribution in [2.75, 3.05) is 56.5 Å². The molecular formula is C45H60N4O8. The lowest BCUT2D eigenvalue weighted by molar-refractivity contribution is 0.0210. The fraction of sp³-hybridized carbons (Fsp3) is 0.400. The highest BCUT2D eigenvalue weighted by molar-refractivity contribution is 5.72. The number of hydrogen-bond acceptors (Lipinski definition) is 9. The minimum absolute atomic E-state index is 0.181. The zero-order valence-corrected chi connectivity index (χ0v) is 35.3. The largest absolute Gasteiger partial charge is 0.497 e. The molecule has 4 rings (SSSR count). The van der Waals surface area contributed by atoms with Crippen LogP contribution in [0.1, 0.15) is 68.0 Å².